The van der Waals surface area contributed by atoms with E-state index >= 15 is 0 Å². The van der Waals surface area contributed by atoms with Gasteiger partial charge in [-0.25, -0.2) is 0 Å². The minimum atomic E-state index is -0.644. The Morgan fingerprint density at radius 3 is 2.50 bits per heavy atom. The molecule has 170 valence electrons. The van der Waals surface area contributed by atoms with Crippen LogP contribution in [0.4, 0.5) is 0 Å². The summed E-state index contributed by atoms with van der Waals surface area (Å²) >= 11 is 0. The van der Waals surface area contributed by atoms with Gasteiger partial charge >= 0.3 is 0 Å². The summed E-state index contributed by atoms with van der Waals surface area (Å²) in [6, 6.07) is 10.3. The number of aliphatic imine (C=N–C) groups is 1. The number of nitrogens with zero attached hydrogens (tertiary/aromatic N) is 2. The zero-order valence-electron chi connectivity index (χ0n) is 18.7. The number of nitrogens with two attached hydrogens (primary N) is 1. The van der Waals surface area contributed by atoms with Gasteiger partial charge in [0.25, 0.3) is 5.91 Å². The number of likely N-dealkylation sites (tertiary alicyclic amines) is 1. The predicted octanol–water partition coefficient (Wildman–Crippen LogP) is 2.21. The van der Waals surface area contributed by atoms with E-state index in [1.165, 1.54) is 18.4 Å². The number of nitrogens with one attached hydrogen (secondary N) is 2. The van der Waals surface area contributed by atoms with Gasteiger partial charge in [0.05, 0.1) is 12.0 Å². The molecular formula is C25H33N5O2. The molecule has 0 radical (unpaired) electrons. The highest BCUT2D eigenvalue weighted by Crippen LogP contribution is 2.70. The zero-order chi connectivity index (χ0) is 22.5. The molecule has 1 aromatic rings. The first-order chi connectivity index (χ1) is 15.4. The van der Waals surface area contributed by atoms with Crippen molar-refractivity contribution in [2.45, 2.75) is 39.2 Å². The third-order valence-electron chi connectivity index (χ3n) is 8.56. The first-order valence-electron chi connectivity index (χ1n) is 11.9. The Labute approximate surface area is 189 Å². The average Bonchev–Trinajstić information content (AvgIpc) is 3.56. The molecule has 7 heteroatoms. The molecule has 1 aromatic carbocycles. The van der Waals surface area contributed by atoms with Gasteiger partial charge in [0, 0.05) is 25.6 Å². The summed E-state index contributed by atoms with van der Waals surface area (Å²) in [5, 5.41) is 11.0. The maximum absolute atomic E-state index is 12.9. The molecule has 1 heterocycles. The van der Waals surface area contributed by atoms with E-state index < -0.39 is 5.91 Å². The maximum atomic E-state index is 12.9. The Bertz CT molecular complexity index is 944. The van der Waals surface area contributed by atoms with Crippen molar-refractivity contribution in [1.29, 1.82) is 5.41 Å². The number of hydrogen-bond donors (Lipinski definition) is 3. The molecular weight excluding hydrogens is 402 g/mol. The van der Waals surface area contributed by atoms with Crippen molar-refractivity contribution in [2.24, 2.45) is 45.7 Å². The Balaban J connectivity index is 1.13. The molecule has 4 saturated carbocycles. The number of rotatable bonds is 7. The van der Waals surface area contributed by atoms with Crippen LogP contribution >= 0.6 is 0 Å². The lowest BCUT2D eigenvalue weighted by Crippen LogP contribution is -2.43. The zero-order valence-corrected chi connectivity index (χ0v) is 18.7. The van der Waals surface area contributed by atoms with Crippen molar-refractivity contribution in [1.82, 2.24) is 10.2 Å². The van der Waals surface area contributed by atoms with Crippen LogP contribution in [0.15, 0.2) is 35.3 Å². The molecule has 0 aromatic heterocycles. The number of amides is 2. The van der Waals surface area contributed by atoms with Crippen molar-refractivity contribution < 1.29 is 9.59 Å². The molecule has 6 rings (SSSR count). The summed E-state index contributed by atoms with van der Waals surface area (Å²) in [4.78, 5) is 31.7. The summed E-state index contributed by atoms with van der Waals surface area (Å²) in [5.74, 6) is 1.88. The number of carbonyl (C=O) groups excluding carboxylic acids is 2. The molecule has 4 atom stereocenters. The number of carbonyl (C=O) groups is 2. The van der Waals surface area contributed by atoms with Crippen LogP contribution in [0.3, 0.4) is 0 Å². The van der Waals surface area contributed by atoms with Crippen LogP contribution in [0.25, 0.3) is 0 Å². The van der Waals surface area contributed by atoms with E-state index in [4.69, 9.17) is 11.1 Å². The SMILES string of the molecule is CC1CN(Cc2ccccc2)CC1C(N)=NC(=O)C(=N)CNC(=O)C12CC3CC1CC3C2. The van der Waals surface area contributed by atoms with Crippen molar-refractivity contribution in [3.05, 3.63) is 35.9 Å². The van der Waals surface area contributed by atoms with Gasteiger partial charge < -0.3 is 11.1 Å². The van der Waals surface area contributed by atoms with Crippen LogP contribution in [-0.4, -0.2) is 47.9 Å². The third kappa shape index (κ3) is 3.66. The maximum Gasteiger partial charge on any atom is 0.294 e. The van der Waals surface area contributed by atoms with Crippen LogP contribution in [0, 0.1) is 40.4 Å². The fourth-order valence-electron chi connectivity index (χ4n) is 7.00. The number of amidine groups is 1. The van der Waals surface area contributed by atoms with Gasteiger partial charge in [0.1, 0.15) is 11.5 Å². The largest absolute Gasteiger partial charge is 0.387 e. The van der Waals surface area contributed by atoms with Gasteiger partial charge in [-0.05, 0) is 54.9 Å². The van der Waals surface area contributed by atoms with Crippen molar-refractivity contribution in [2.75, 3.05) is 19.6 Å². The molecule has 0 spiro atoms. The van der Waals surface area contributed by atoms with E-state index in [2.05, 4.69) is 34.3 Å². The second-order valence-corrected chi connectivity index (χ2v) is 10.5. The summed E-state index contributed by atoms with van der Waals surface area (Å²) < 4.78 is 0. The molecule has 5 aliphatic rings. The third-order valence-corrected chi connectivity index (χ3v) is 8.56. The second-order valence-electron chi connectivity index (χ2n) is 10.5. The molecule has 1 saturated heterocycles. The summed E-state index contributed by atoms with van der Waals surface area (Å²) in [6.07, 6.45) is 4.32. The lowest BCUT2D eigenvalue weighted by molar-refractivity contribution is -0.131. The fraction of sp³-hybridized carbons (Fsp3) is 0.600. The highest BCUT2D eigenvalue weighted by Gasteiger charge is 2.66. The van der Waals surface area contributed by atoms with Gasteiger partial charge in [-0.3, -0.25) is 19.9 Å². The predicted molar refractivity (Wildman–Crippen MR) is 123 cm³/mol. The monoisotopic (exact) mass is 435 g/mol. The molecule has 7 nitrogen and oxygen atoms in total. The van der Waals surface area contributed by atoms with E-state index in [0.717, 1.165) is 32.5 Å². The first kappa shape index (κ1) is 21.3. The Morgan fingerprint density at radius 1 is 1.19 bits per heavy atom. The lowest BCUT2D eigenvalue weighted by Gasteiger charge is -2.27. The molecule has 5 fully saturated rings. The Kier molecular flexibility index (Phi) is 5.40. The quantitative estimate of drug-likeness (QED) is 0.450. The molecule has 32 heavy (non-hydrogen) atoms. The van der Waals surface area contributed by atoms with Crippen molar-refractivity contribution in [3.63, 3.8) is 0 Å². The molecule has 4 N–H and O–H groups in total. The van der Waals surface area contributed by atoms with E-state index in [1.807, 2.05) is 18.2 Å². The highest BCUT2D eigenvalue weighted by atomic mass is 16.2. The summed E-state index contributed by atoms with van der Waals surface area (Å²) in [6.45, 7) is 4.53. The van der Waals surface area contributed by atoms with Gasteiger partial charge in [-0.1, -0.05) is 37.3 Å². The second kappa shape index (κ2) is 8.10. The standard InChI is InChI=1S/C25H33N5O2/c1-15-12-30(13-16-5-3-2-4-6-16)14-20(15)22(27)29-23(31)21(26)11-28-24(32)25-9-17-7-19(25)8-18(17)10-25/h2-6,15,17-20,26H,7-14H2,1H3,(H,28,32)(H2,27,29,31). The van der Waals surface area contributed by atoms with Gasteiger partial charge in [-0.15, -0.1) is 0 Å². The number of benzene rings is 1. The van der Waals surface area contributed by atoms with Crippen molar-refractivity contribution in [3.8, 4) is 0 Å². The minimum Gasteiger partial charge on any atom is -0.387 e. The molecule has 4 unspecified atom stereocenters. The van der Waals surface area contributed by atoms with E-state index in [1.54, 1.807) is 0 Å². The molecule has 1 aliphatic heterocycles. The topological polar surface area (TPSA) is 112 Å². The van der Waals surface area contributed by atoms with Crippen LogP contribution in [0.2, 0.25) is 0 Å². The molecule has 4 bridgehead atoms. The molecule has 4 aliphatic carbocycles. The average molecular weight is 436 g/mol. The summed E-state index contributed by atoms with van der Waals surface area (Å²) in [5.41, 5.74) is 7.02. The lowest BCUT2D eigenvalue weighted by atomic mass is 9.80. The van der Waals surface area contributed by atoms with Gasteiger partial charge in [-0.2, -0.15) is 4.99 Å². The van der Waals surface area contributed by atoms with Crippen LogP contribution < -0.4 is 11.1 Å². The van der Waals surface area contributed by atoms with Gasteiger partial charge in [0.15, 0.2) is 0 Å². The first-order valence-corrected chi connectivity index (χ1v) is 11.9. The van der Waals surface area contributed by atoms with Crippen molar-refractivity contribution >= 4 is 23.4 Å². The fourth-order valence-corrected chi connectivity index (χ4v) is 7.00. The van der Waals surface area contributed by atoms with Gasteiger partial charge in [0.2, 0.25) is 5.91 Å². The normalized spacial score (nSPS) is 35.5. The highest BCUT2D eigenvalue weighted by molar-refractivity contribution is 6.40. The number of hydrogen-bond acceptors (Lipinski definition) is 4. The smallest absolute Gasteiger partial charge is 0.294 e. The molecule has 2 amide bonds. The van der Waals surface area contributed by atoms with Crippen LogP contribution in [0.1, 0.15) is 38.2 Å². The van der Waals surface area contributed by atoms with Crippen LogP contribution in [0.5, 0.6) is 0 Å². The van der Waals surface area contributed by atoms with Crippen LogP contribution in [-0.2, 0) is 16.1 Å². The Morgan fingerprint density at radius 2 is 1.88 bits per heavy atom. The van der Waals surface area contributed by atoms with E-state index in [-0.39, 0.29) is 35.4 Å². The van der Waals surface area contributed by atoms with E-state index in [9.17, 15) is 9.59 Å². The summed E-state index contributed by atoms with van der Waals surface area (Å²) in [7, 11) is 0. The Hall–Kier alpha value is -2.54. The van der Waals surface area contributed by atoms with E-state index in [0.29, 0.717) is 23.6 Å². The minimum absolute atomic E-state index is 0.00958.